The lowest BCUT2D eigenvalue weighted by Crippen LogP contribution is -2.41. The summed E-state index contributed by atoms with van der Waals surface area (Å²) in [5, 5.41) is 4.00. The molecule has 0 saturated heterocycles. The Kier molecular flexibility index (Phi) is 4.99. The molecular formula is C19H21ClN2O. The predicted molar refractivity (Wildman–Crippen MR) is 95.1 cm³/mol. The van der Waals surface area contributed by atoms with Gasteiger partial charge in [-0.3, -0.25) is 4.79 Å². The maximum atomic E-state index is 12.5. The predicted octanol–water partition coefficient (Wildman–Crippen LogP) is 3.45. The van der Waals surface area contributed by atoms with Crippen molar-refractivity contribution in [3.05, 3.63) is 64.7 Å². The third kappa shape index (κ3) is 3.74. The summed E-state index contributed by atoms with van der Waals surface area (Å²) in [6.07, 6.45) is 1.82. The number of anilines is 1. The number of nitrogens with zero attached hydrogens (tertiary/aromatic N) is 1. The van der Waals surface area contributed by atoms with Crippen molar-refractivity contribution < 1.29 is 4.79 Å². The Morgan fingerprint density at radius 2 is 1.96 bits per heavy atom. The first-order chi connectivity index (χ1) is 11.1. The fraction of sp³-hybridized carbons (Fsp3) is 0.316. The molecule has 0 spiro atoms. The first-order valence-corrected chi connectivity index (χ1v) is 8.38. The molecule has 0 fully saturated rings. The molecule has 1 aliphatic rings. The van der Waals surface area contributed by atoms with Crippen LogP contribution in [0.15, 0.2) is 48.5 Å². The first kappa shape index (κ1) is 16.0. The van der Waals surface area contributed by atoms with Crippen LogP contribution in [0.4, 0.5) is 5.69 Å². The van der Waals surface area contributed by atoms with E-state index in [1.807, 2.05) is 47.4 Å². The number of hydrogen-bond donors (Lipinski definition) is 1. The van der Waals surface area contributed by atoms with Crippen LogP contribution in [0.1, 0.15) is 18.1 Å². The molecule has 120 valence electrons. The molecule has 0 bridgehead atoms. The van der Waals surface area contributed by atoms with E-state index in [2.05, 4.69) is 18.3 Å². The van der Waals surface area contributed by atoms with Crippen molar-refractivity contribution in [2.75, 3.05) is 18.0 Å². The Balaban J connectivity index is 1.51. The second-order valence-corrected chi connectivity index (χ2v) is 6.44. The van der Waals surface area contributed by atoms with Gasteiger partial charge in [0.2, 0.25) is 5.91 Å². The Morgan fingerprint density at radius 3 is 2.74 bits per heavy atom. The molecule has 4 heteroatoms. The number of para-hydroxylation sites is 1. The third-order valence-corrected chi connectivity index (χ3v) is 4.51. The quantitative estimate of drug-likeness (QED) is 0.853. The van der Waals surface area contributed by atoms with E-state index < -0.39 is 0 Å². The summed E-state index contributed by atoms with van der Waals surface area (Å²) < 4.78 is 0. The molecule has 2 aromatic rings. The van der Waals surface area contributed by atoms with Crippen LogP contribution < -0.4 is 10.2 Å². The Labute approximate surface area is 142 Å². The van der Waals surface area contributed by atoms with E-state index in [1.54, 1.807) is 0 Å². The van der Waals surface area contributed by atoms with Crippen molar-refractivity contribution in [1.29, 1.82) is 0 Å². The average molecular weight is 329 g/mol. The summed E-state index contributed by atoms with van der Waals surface area (Å²) in [5.41, 5.74) is 3.54. The number of nitrogens with one attached hydrogen (secondary N) is 1. The lowest BCUT2D eigenvalue weighted by atomic mass is 10.1. The zero-order valence-corrected chi connectivity index (χ0v) is 14.0. The minimum absolute atomic E-state index is 0.138. The highest BCUT2D eigenvalue weighted by molar-refractivity contribution is 6.30. The summed E-state index contributed by atoms with van der Waals surface area (Å²) in [5.74, 6) is 0.138. The molecular weight excluding hydrogens is 308 g/mol. The highest BCUT2D eigenvalue weighted by atomic mass is 35.5. The van der Waals surface area contributed by atoms with Gasteiger partial charge in [0.25, 0.3) is 0 Å². The van der Waals surface area contributed by atoms with Gasteiger partial charge in [-0.1, -0.05) is 41.9 Å². The van der Waals surface area contributed by atoms with Crippen molar-refractivity contribution in [2.45, 2.75) is 25.8 Å². The summed E-state index contributed by atoms with van der Waals surface area (Å²) in [6.45, 7) is 3.25. The topological polar surface area (TPSA) is 32.3 Å². The molecule has 1 heterocycles. The molecule has 1 atom stereocenters. The SMILES string of the molecule is CC1Cc2ccccc2N1C(=O)CNCCc1ccc(Cl)cc1. The molecule has 0 radical (unpaired) electrons. The summed E-state index contributed by atoms with van der Waals surface area (Å²) in [6, 6.07) is 16.2. The molecule has 23 heavy (non-hydrogen) atoms. The van der Waals surface area contributed by atoms with Gasteiger partial charge in [-0.2, -0.15) is 0 Å². The van der Waals surface area contributed by atoms with Crippen LogP contribution >= 0.6 is 11.6 Å². The molecule has 3 rings (SSSR count). The van der Waals surface area contributed by atoms with Crippen LogP contribution in [0, 0.1) is 0 Å². The molecule has 0 saturated carbocycles. The molecule has 1 aliphatic heterocycles. The number of halogens is 1. The fourth-order valence-corrected chi connectivity index (χ4v) is 3.24. The molecule has 0 aromatic heterocycles. The zero-order chi connectivity index (χ0) is 16.2. The molecule has 1 N–H and O–H groups in total. The lowest BCUT2D eigenvalue weighted by Gasteiger charge is -2.23. The Hall–Kier alpha value is -1.84. The highest BCUT2D eigenvalue weighted by Crippen LogP contribution is 2.31. The van der Waals surface area contributed by atoms with Crippen molar-refractivity contribution >= 4 is 23.2 Å². The van der Waals surface area contributed by atoms with Gasteiger partial charge in [-0.15, -0.1) is 0 Å². The fourth-order valence-electron chi connectivity index (χ4n) is 3.11. The van der Waals surface area contributed by atoms with Crippen LogP contribution in [0.3, 0.4) is 0 Å². The minimum Gasteiger partial charge on any atom is -0.308 e. The van der Waals surface area contributed by atoms with Crippen molar-refractivity contribution in [3.63, 3.8) is 0 Å². The van der Waals surface area contributed by atoms with Gasteiger partial charge in [-0.05, 0) is 55.6 Å². The van der Waals surface area contributed by atoms with E-state index in [0.29, 0.717) is 6.54 Å². The van der Waals surface area contributed by atoms with E-state index in [4.69, 9.17) is 11.6 Å². The zero-order valence-electron chi connectivity index (χ0n) is 13.3. The molecule has 1 unspecified atom stereocenters. The van der Waals surface area contributed by atoms with Gasteiger partial charge < -0.3 is 10.2 Å². The summed E-state index contributed by atoms with van der Waals surface area (Å²) in [7, 11) is 0. The first-order valence-electron chi connectivity index (χ1n) is 8.00. The number of benzene rings is 2. The lowest BCUT2D eigenvalue weighted by molar-refractivity contribution is -0.118. The number of carbonyl (C=O) groups excluding carboxylic acids is 1. The Morgan fingerprint density at radius 1 is 1.22 bits per heavy atom. The number of fused-ring (bicyclic) bond motifs is 1. The van der Waals surface area contributed by atoms with Gasteiger partial charge in [0.1, 0.15) is 0 Å². The second-order valence-electron chi connectivity index (χ2n) is 6.00. The van der Waals surface area contributed by atoms with Gasteiger partial charge in [0.05, 0.1) is 6.54 Å². The van der Waals surface area contributed by atoms with Gasteiger partial charge in [0.15, 0.2) is 0 Å². The monoisotopic (exact) mass is 328 g/mol. The van der Waals surface area contributed by atoms with E-state index in [9.17, 15) is 4.79 Å². The van der Waals surface area contributed by atoms with E-state index in [1.165, 1.54) is 11.1 Å². The average Bonchev–Trinajstić information content (AvgIpc) is 2.89. The smallest absolute Gasteiger partial charge is 0.241 e. The van der Waals surface area contributed by atoms with E-state index in [-0.39, 0.29) is 11.9 Å². The van der Waals surface area contributed by atoms with Gasteiger partial charge in [-0.25, -0.2) is 0 Å². The number of rotatable bonds is 5. The highest BCUT2D eigenvalue weighted by Gasteiger charge is 2.29. The maximum absolute atomic E-state index is 12.5. The van der Waals surface area contributed by atoms with Gasteiger partial charge in [0, 0.05) is 16.8 Å². The normalized spacial score (nSPS) is 16.4. The molecule has 0 aliphatic carbocycles. The van der Waals surface area contributed by atoms with Crippen LogP contribution in [-0.2, 0) is 17.6 Å². The number of carbonyl (C=O) groups is 1. The van der Waals surface area contributed by atoms with E-state index in [0.717, 1.165) is 30.1 Å². The third-order valence-electron chi connectivity index (χ3n) is 4.26. The van der Waals surface area contributed by atoms with Crippen LogP contribution in [0.5, 0.6) is 0 Å². The maximum Gasteiger partial charge on any atom is 0.241 e. The van der Waals surface area contributed by atoms with Crippen molar-refractivity contribution in [1.82, 2.24) is 5.32 Å². The van der Waals surface area contributed by atoms with Crippen molar-refractivity contribution in [3.8, 4) is 0 Å². The van der Waals surface area contributed by atoms with Crippen LogP contribution in [0.2, 0.25) is 5.02 Å². The standard InChI is InChI=1S/C19H21ClN2O/c1-14-12-16-4-2-3-5-18(16)22(14)19(23)13-21-11-10-15-6-8-17(20)9-7-15/h2-9,14,21H,10-13H2,1H3. The second kappa shape index (κ2) is 7.16. The Bertz CT molecular complexity index is 684. The van der Waals surface area contributed by atoms with Crippen LogP contribution in [-0.4, -0.2) is 25.0 Å². The van der Waals surface area contributed by atoms with E-state index >= 15 is 0 Å². The largest absolute Gasteiger partial charge is 0.308 e. The minimum atomic E-state index is 0.138. The number of hydrogen-bond acceptors (Lipinski definition) is 2. The summed E-state index contributed by atoms with van der Waals surface area (Å²) >= 11 is 5.88. The molecule has 2 aromatic carbocycles. The molecule has 3 nitrogen and oxygen atoms in total. The van der Waals surface area contributed by atoms with Gasteiger partial charge >= 0.3 is 0 Å². The summed E-state index contributed by atoms with van der Waals surface area (Å²) in [4.78, 5) is 14.4. The van der Waals surface area contributed by atoms with Crippen LogP contribution in [0.25, 0.3) is 0 Å². The molecule has 1 amide bonds. The van der Waals surface area contributed by atoms with Crippen molar-refractivity contribution in [2.24, 2.45) is 0 Å². The number of amides is 1.